The van der Waals surface area contributed by atoms with Gasteiger partial charge in [-0.2, -0.15) is 11.4 Å². The third-order valence-corrected chi connectivity index (χ3v) is 4.99. The Balaban J connectivity index is 0.000000321. The summed E-state index contributed by atoms with van der Waals surface area (Å²) in [6.07, 6.45) is 8.05. The second-order valence-electron chi connectivity index (χ2n) is 6.64. The van der Waals surface area contributed by atoms with Crippen LogP contribution in [0, 0.1) is 5.38 Å². The molecular weight excluding hydrogens is 435 g/mol. The number of thiophene rings is 1. The van der Waals surface area contributed by atoms with E-state index in [2.05, 4.69) is 55.6 Å². The fourth-order valence-electron chi connectivity index (χ4n) is 3.14. The van der Waals surface area contributed by atoms with Gasteiger partial charge in [0.25, 0.3) is 0 Å². The molecule has 1 radical (unpaired) electrons. The van der Waals surface area contributed by atoms with E-state index in [4.69, 9.17) is 0 Å². The van der Waals surface area contributed by atoms with Crippen LogP contribution in [0.3, 0.4) is 0 Å². The van der Waals surface area contributed by atoms with E-state index in [-0.39, 0.29) is 16.8 Å². The normalized spacial score (nSPS) is 11.5. The molecule has 0 saturated carbocycles. The summed E-state index contributed by atoms with van der Waals surface area (Å²) in [5, 5.41) is 4.89. The number of aromatic nitrogens is 4. The average Bonchev–Trinajstić information content (AvgIpc) is 3.50. The SMILES string of the molecule is C1=Cc2cc3ccc(cc4ccc(cc5nc(cc1n2)C=C5)[nH]4)[nH]3.[Co].[c-]1cccs1. The molecule has 0 amide bonds. The zero-order chi connectivity index (χ0) is 19.5. The molecule has 0 saturated heterocycles. The van der Waals surface area contributed by atoms with Crippen LogP contribution in [0.25, 0.3) is 46.4 Å². The molecule has 6 rings (SSSR count). The molecule has 30 heavy (non-hydrogen) atoms. The molecule has 4 aromatic rings. The van der Waals surface area contributed by atoms with E-state index in [1.54, 1.807) is 11.3 Å². The van der Waals surface area contributed by atoms with Gasteiger partial charge >= 0.3 is 0 Å². The summed E-state index contributed by atoms with van der Waals surface area (Å²) in [5.41, 5.74) is 7.86. The van der Waals surface area contributed by atoms with Crippen molar-refractivity contribution >= 4 is 57.7 Å². The minimum absolute atomic E-state index is 0. The van der Waals surface area contributed by atoms with E-state index >= 15 is 0 Å². The predicted octanol–water partition coefficient (Wildman–Crippen LogP) is 6.20. The molecule has 2 N–H and O–H groups in total. The molecule has 4 nitrogen and oxygen atoms in total. The molecule has 0 aromatic carbocycles. The largest absolute Gasteiger partial charge is 0.355 e. The summed E-state index contributed by atoms with van der Waals surface area (Å²) < 4.78 is 0. The number of aromatic amines is 2. The standard InChI is InChI=1S/C20H14N4.C4H3S.Co/c1-2-14-10-16-5-6-18(23-16)12-20-8-7-19(24-20)11-17-4-3-15(22-17)9-13(1)21-14;1-2-4-5-3-1;/h1-12,21-22H;1-3H;/q;-1;. The van der Waals surface area contributed by atoms with Crippen molar-refractivity contribution in [1.82, 2.24) is 19.9 Å². The zero-order valence-corrected chi connectivity index (χ0v) is 17.7. The maximum atomic E-state index is 4.62. The first-order chi connectivity index (χ1) is 14.3. The Hall–Kier alpha value is -3.19. The summed E-state index contributed by atoms with van der Waals surface area (Å²) in [5.74, 6) is 0. The van der Waals surface area contributed by atoms with Crippen LogP contribution in [0.2, 0.25) is 0 Å². The Morgan fingerprint density at radius 1 is 0.633 bits per heavy atom. The molecule has 0 unspecified atom stereocenters. The maximum absolute atomic E-state index is 4.62. The van der Waals surface area contributed by atoms with Crippen molar-refractivity contribution in [2.24, 2.45) is 0 Å². The number of rotatable bonds is 0. The van der Waals surface area contributed by atoms with Gasteiger partial charge in [0.05, 0.1) is 22.8 Å². The van der Waals surface area contributed by atoms with Crippen molar-refractivity contribution < 1.29 is 16.8 Å². The van der Waals surface area contributed by atoms with Crippen LogP contribution in [0.15, 0.2) is 66.0 Å². The summed E-state index contributed by atoms with van der Waals surface area (Å²) in [6.45, 7) is 0. The second kappa shape index (κ2) is 9.09. The smallest absolute Gasteiger partial charge is 0.0659 e. The first kappa shape index (κ1) is 20.1. The van der Waals surface area contributed by atoms with Gasteiger partial charge in [0.1, 0.15) is 0 Å². The van der Waals surface area contributed by atoms with Crippen molar-refractivity contribution in [2.45, 2.75) is 0 Å². The molecule has 6 heteroatoms. The van der Waals surface area contributed by atoms with E-state index in [1.807, 2.05) is 60.0 Å². The van der Waals surface area contributed by atoms with Crippen LogP contribution in [-0.4, -0.2) is 19.9 Å². The van der Waals surface area contributed by atoms with E-state index in [0.717, 1.165) is 44.8 Å². The fraction of sp³-hybridized carbons (Fsp3) is 0. The van der Waals surface area contributed by atoms with Crippen molar-refractivity contribution in [3.63, 3.8) is 0 Å². The Morgan fingerprint density at radius 3 is 1.50 bits per heavy atom. The van der Waals surface area contributed by atoms with Crippen molar-refractivity contribution in [3.8, 4) is 0 Å². The summed E-state index contributed by atoms with van der Waals surface area (Å²) >= 11 is 1.59. The van der Waals surface area contributed by atoms with Gasteiger partial charge in [-0.15, -0.1) is 5.38 Å². The number of H-pyrrole nitrogens is 2. The molecule has 6 heterocycles. The van der Waals surface area contributed by atoms with Gasteiger partial charge in [-0.3, -0.25) is 0 Å². The van der Waals surface area contributed by atoms with E-state index in [1.165, 1.54) is 0 Å². The van der Waals surface area contributed by atoms with Gasteiger partial charge in [0.2, 0.25) is 0 Å². The van der Waals surface area contributed by atoms with Crippen LogP contribution < -0.4 is 0 Å². The molecule has 2 aliphatic rings. The molecular formula is C24H17CoN4S-. The summed E-state index contributed by atoms with van der Waals surface area (Å²) in [6, 6.07) is 20.3. The maximum Gasteiger partial charge on any atom is 0.0659 e. The van der Waals surface area contributed by atoms with Crippen LogP contribution in [-0.2, 0) is 16.8 Å². The van der Waals surface area contributed by atoms with E-state index < -0.39 is 0 Å². The Kier molecular flexibility index (Phi) is 6.09. The Bertz CT molecular complexity index is 1250. The van der Waals surface area contributed by atoms with Crippen LogP contribution in [0.1, 0.15) is 22.8 Å². The average molecular weight is 452 g/mol. The van der Waals surface area contributed by atoms with Gasteiger partial charge < -0.3 is 21.3 Å². The van der Waals surface area contributed by atoms with Crippen molar-refractivity contribution in [3.05, 3.63) is 94.2 Å². The third kappa shape index (κ3) is 4.86. The number of fused-ring (bicyclic) bond motifs is 8. The molecule has 2 aliphatic heterocycles. The first-order valence-corrected chi connectivity index (χ1v) is 10.1. The Morgan fingerprint density at radius 2 is 1.10 bits per heavy atom. The number of nitrogens with one attached hydrogen (secondary N) is 2. The summed E-state index contributed by atoms with van der Waals surface area (Å²) in [7, 11) is 0. The minimum atomic E-state index is 0. The molecule has 4 aromatic heterocycles. The molecule has 0 spiro atoms. The topological polar surface area (TPSA) is 57.4 Å². The van der Waals surface area contributed by atoms with Gasteiger partial charge in [0.15, 0.2) is 0 Å². The summed E-state index contributed by atoms with van der Waals surface area (Å²) in [4.78, 5) is 16.0. The van der Waals surface area contributed by atoms with Crippen LogP contribution in [0.5, 0.6) is 0 Å². The zero-order valence-electron chi connectivity index (χ0n) is 15.8. The van der Waals surface area contributed by atoms with Crippen LogP contribution in [0.4, 0.5) is 0 Å². The monoisotopic (exact) mass is 452 g/mol. The third-order valence-electron chi connectivity index (χ3n) is 4.42. The van der Waals surface area contributed by atoms with Crippen molar-refractivity contribution in [2.75, 3.05) is 0 Å². The molecule has 0 fully saturated rings. The van der Waals surface area contributed by atoms with Gasteiger partial charge in [-0.1, -0.05) is 0 Å². The van der Waals surface area contributed by atoms with Gasteiger partial charge in [-0.05, 0) is 72.8 Å². The molecule has 0 atom stereocenters. The fourth-order valence-corrected chi connectivity index (χ4v) is 3.53. The van der Waals surface area contributed by atoms with Gasteiger partial charge in [-0.25, -0.2) is 16.0 Å². The number of hydrogen-bond acceptors (Lipinski definition) is 3. The molecule has 149 valence electrons. The molecule has 0 aliphatic carbocycles. The number of nitrogens with zero attached hydrogens (tertiary/aromatic N) is 2. The minimum Gasteiger partial charge on any atom is -0.355 e. The van der Waals surface area contributed by atoms with Gasteiger partial charge in [0, 0.05) is 38.8 Å². The van der Waals surface area contributed by atoms with Crippen molar-refractivity contribution in [1.29, 1.82) is 0 Å². The Labute approximate surface area is 188 Å². The second-order valence-corrected chi connectivity index (χ2v) is 7.38. The number of hydrogen-bond donors (Lipinski definition) is 2. The quantitative estimate of drug-likeness (QED) is 0.270. The van der Waals surface area contributed by atoms with E-state index in [0.29, 0.717) is 0 Å². The first-order valence-electron chi connectivity index (χ1n) is 9.24. The molecule has 8 bridgehead atoms. The predicted molar refractivity (Wildman–Crippen MR) is 122 cm³/mol. The van der Waals surface area contributed by atoms with E-state index in [9.17, 15) is 0 Å². The van der Waals surface area contributed by atoms with Crippen LogP contribution >= 0.6 is 11.3 Å².